The van der Waals surface area contributed by atoms with Crippen LogP contribution in [0, 0.1) is 0 Å². The average Bonchev–Trinajstić information content (AvgIpc) is 2.67. The fourth-order valence-corrected chi connectivity index (χ4v) is 3.88. The number of hydrogen-bond acceptors (Lipinski definition) is 3. The van der Waals surface area contributed by atoms with E-state index in [1.807, 2.05) is 0 Å². The summed E-state index contributed by atoms with van der Waals surface area (Å²) in [6, 6.07) is 19.5. The fourth-order valence-electron chi connectivity index (χ4n) is 3.88. The largest absolute Gasteiger partial charge is 0.373 e. The number of fused-ring (bicyclic) bond motifs is 1. The summed E-state index contributed by atoms with van der Waals surface area (Å²) < 4.78 is 6.05. The highest BCUT2D eigenvalue weighted by Gasteiger charge is 2.22. The molecule has 0 bridgehead atoms. The molecule has 0 aliphatic carbocycles. The molecule has 0 spiro atoms. The summed E-state index contributed by atoms with van der Waals surface area (Å²) in [5.74, 6) is 0. The zero-order valence-corrected chi connectivity index (χ0v) is 14.2. The summed E-state index contributed by atoms with van der Waals surface area (Å²) in [5, 5.41) is 0. The lowest BCUT2D eigenvalue weighted by Crippen LogP contribution is -2.46. The summed E-state index contributed by atoms with van der Waals surface area (Å²) in [6.45, 7) is 6.51. The Morgan fingerprint density at radius 2 is 1.62 bits per heavy atom. The van der Waals surface area contributed by atoms with Crippen molar-refractivity contribution >= 4 is 5.69 Å². The normalized spacial score (nSPS) is 21.5. The van der Waals surface area contributed by atoms with Crippen LogP contribution in [0.4, 0.5) is 5.69 Å². The Morgan fingerprint density at radius 1 is 0.875 bits per heavy atom. The van der Waals surface area contributed by atoms with Gasteiger partial charge in [0.05, 0.1) is 12.7 Å². The van der Waals surface area contributed by atoms with Crippen molar-refractivity contribution in [3.05, 3.63) is 65.7 Å². The first kappa shape index (κ1) is 15.7. The van der Waals surface area contributed by atoms with E-state index in [9.17, 15) is 0 Å². The van der Waals surface area contributed by atoms with E-state index < -0.39 is 0 Å². The fraction of sp³-hybridized carbons (Fsp3) is 0.429. The Balaban J connectivity index is 1.29. The Labute approximate surface area is 144 Å². The van der Waals surface area contributed by atoms with Gasteiger partial charge in [-0.1, -0.05) is 42.5 Å². The zero-order valence-electron chi connectivity index (χ0n) is 14.2. The smallest absolute Gasteiger partial charge is 0.0839 e. The molecule has 1 unspecified atom stereocenters. The van der Waals surface area contributed by atoms with Gasteiger partial charge in [-0.15, -0.1) is 0 Å². The molecule has 24 heavy (non-hydrogen) atoms. The summed E-state index contributed by atoms with van der Waals surface area (Å²) in [4.78, 5) is 5.07. The van der Waals surface area contributed by atoms with Gasteiger partial charge in [-0.25, -0.2) is 0 Å². The minimum Gasteiger partial charge on any atom is -0.373 e. The third-order valence-corrected chi connectivity index (χ3v) is 5.29. The Bertz CT molecular complexity index is 650. The molecule has 0 saturated carbocycles. The van der Waals surface area contributed by atoms with Crippen molar-refractivity contribution in [1.29, 1.82) is 0 Å². The number of ether oxygens (including phenoxy) is 1. The first-order chi connectivity index (χ1) is 11.9. The maximum atomic E-state index is 6.05. The standard InChI is InChI=1S/C21H26N2O/c1-2-7-19(8-3-1)23-15-13-22(14-16-23)12-10-21-20-9-5-4-6-18(20)11-17-24-21/h1-9,21H,10-17H2. The molecule has 2 aromatic carbocycles. The molecule has 1 fully saturated rings. The van der Waals surface area contributed by atoms with Gasteiger partial charge >= 0.3 is 0 Å². The maximum absolute atomic E-state index is 6.05. The number of rotatable bonds is 4. The van der Waals surface area contributed by atoms with E-state index in [4.69, 9.17) is 4.74 Å². The minimum absolute atomic E-state index is 0.280. The van der Waals surface area contributed by atoms with E-state index in [-0.39, 0.29) is 6.10 Å². The lowest BCUT2D eigenvalue weighted by atomic mass is 9.95. The first-order valence-electron chi connectivity index (χ1n) is 9.12. The van der Waals surface area contributed by atoms with Crippen molar-refractivity contribution in [3.8, 4) is 0 Å². The Hall–Kier alpha value is -1.84. The van der Waals surface area contributed by atoms with Crippen molar-refractivity contribution in [3.63, 3.8) is 0 Å². The van der Waals surface area contributed by atoms with E-state index >= 15 is 0 Å². The van der Waals surface area contributed by atoms with Gasteiger partial charge in [-0.2, -0.15) is 0 Å². The predicted octanol–water partition coefficient (Wildman–Crippen LogP) is 3.51. The van der Waals surface area contributed by atoms with Gasteiger partial charge in [0.2, 0.25) is 0 Å². The highest BCUT2D eigenvalue weighted by atomic mass is 16.5. The molecule has 0 amide bonds. The molecule has 2 heterocycles. The van der Waals surface area contributed by atoms with Crippen LogP contribution in [0.1, 0.15) is 23.7 Å². The van der Waals surface area contributed by atoms with Gasteiger partial charge < -0.3 is 9.64 Å². The molecule has 1 atom stereocenters. The van der Waals surface area contributed by atoms with Gasteiger partial charge in [-0.3, -0.25) is 4.90 Å². The predicted molar refractivity (Wildman–Crippen MR) is 98.6 cm³/mol. The summed E-state index contributed by atoms with van der Waals surface area (Å²) in [5.41, 5.74) is 4.23. The average molecular weight is 322 g/mol. The van der Waals surface area contributed by atoms with Gasteiger partial charge in [0.25, 0.3) is 0 Å². The number of anilines is 1. The molecule has 3 nitrogen and oxygen atoms in total. The van der Waals surface area contributed by atoms with Crippen LogP contribution >= 0.6 is 0 Å². The van der Waals surface area contributed by atoms with Crippen LogP contribution in [0.2, 0.25) is 0 Å². The molecule has 0 radical (unpaired) electrons. The van der Waals surface area contributed by atoms with Crippen LogP contribution < -0.4 is 4.90 Å². The molecular formula is C21H26N2O. The van der Waals surface area contributed by atoms with Crippen molar-refractivity contribution in [2.75, 3.05) is 44.2 Å². The van der Waals surface area contributed by atoms with E-state index in [0.717, 1.165) is 52.2 Å². The maximum Gasteiger partial charge on any atom is 0.0839 e. The summed E-state index contributed by atoms with van der Waals surface area (Å²) in [6.07, 6.45) is 2.44. The number of piperazine rings is 1. The Kier molecular flexibility index (Phi) is 4.81. The van der Waals surface area contributed by atoms with E-state index in [1.165, 1.54) is 16.8 Å². The van der Waals surface area contributed by atoms with Gasteiger partial charge in [0, 0.05) is 38.4 Å². The van der Waals surface area contributed by atoms with Crippen LogP contribution in [-0.2, 0) is 11.2 Å². The third kappa shape index (κ3) is 3.47. The number of hydrogen-bond donors (Lipinski definition) is 0. The SMILES string of the molecule is c1ccc(N2CCN(CCC3OCCc4ccccc43)CC2)cc1. The van der Waals surface area contributed by atoms with E-state index in [0.29, 0.717) is 0 Å². The van der Waals surface area contributed by atoms with Crippen molar-refractivity contribution < 1.29 is 4.74 Å². The van der Waals surface area contributed by atoms with Crippen molar-refractivity contribution in [2.24, 2.45) is 0 Å². The van der Waals surface area contributed by atoms with Crippen molar-refractivity contribution in [2.45, 2.75) is 18.9 Å². The monoisotopic (exact) mass is 322 g/mol. The highest BCUT2D eigenvalue weighted by Crippen LogP contribution is 2.29. The molecule has 2 aliphatic heterocycles. The topological polar surface area (TPSA) is 15.7 Å². The van der Waals surface area contributed by atoms with Crippen molar-refractivity contribution in [1.82, 2.24) is 4.90 Å². The second-order valence-corrected chi connectivity index (χ2v) is 6.76. The first-order valence-corrected chi connectivity index (χ1v) is 9.12. The summed E-state index contributed by atoms with van der Waals surface area (Å²) >= 11 is 0. The van der Waals surface area contributed by atoms with Crippen LogP contribution in [0.3, 0.4) is 0 Å². The molecule has 0 aromatic heterocycles. The molecule has 0 N–H and O–H groups in total. The number of benzene rings is 2. The Morgan fingerprint density at radius 3 is 2.46 bits per heavy atom. The molecule has 126 valence electrons. The van der Waals surface area contributed by atoms with Gasteiger partial charge in [0.1, 0.15) is 0 Å². The molecule has 4 rings (SSSR count). The van der Waals surface area contributed by atoms with Crippen LogP contribution in [-0.4, -0.2) is 44.2 Å². The number of nitrogens with zero attached hydrogens (tertiary/aromatic N) is 2. The lowest BCUT2D eigenvalue weighted by Gasteiger charge is -2.37. The highest BCUT2D eigenvalue weighted by molar-refractivity contribution is 5.46. The minimum atomic E-state index is 0.280. The van der Waals surface area contributed by atoms with E-state index in [1.54, 1.807) is 0 Å². The van der Waals surface area contributed by atoms with Crippen LogP contribution in [0.25, 0.3) is 0 Å². The lowest BCUT2D eigenvalue weighted by molar-refractivity contribution is 0.0289. The van der Waals surface area contributed by atoms with Crippen LogP contribution in [0.15, 0.2) is 54.6 Å². The third-order valence-electron chi connectivity index (χ3n) is 5.29. The zero-order chi connectivity index (χ0) is 16.2. The molecule has 1 saturated heterocycles. The molecule has 2 aliphatic rings. The van der Waals surface area contributed by atoms with Crippen LogP contribution in [0.5, 0.6) is 0 Å². The van der Waals surface area contributed by atoms with Gasteiger partial charge in [0.15, 0.2) is 0 Å². The molecule has 2 aromatic rings. The quantitative estimate of drug-likeness (QED) is 0.857. The second kappa shape index (κ2) is 7.37. The number of para-hydroxylation sites is 1. The summed E-state index contributed by atoms with van der Waals surface area (Å²) in [7, 11) is 0. The second-order valence-electron chi connectivity index (χ2n) is 6.76. The van der Waals surface area contributed by atoms with E-state index in [2.05, 4.69) is 64.4 Å². The molecular weight excluding hydrogens is 296 g/mol. The van der Waals surface area contributed by atoms with Gasteiger partial charge in [-0.05, 0) is 36.1 Å². The molecule has 3 heteroatoms.